The van der Waals surface area contributed by atoms with Crippen LogP contribution in [0.5, 0.6) is 0 Å². The van der Waals surface area contributed by atoms with E-state index in [0.717, 1.165) is 6.42 Å². The first-order chi connectivity index (χ1) is 9.89. The van der Waals surface area contributed by atoms with E-state index < -0.39 is 17.4 Å². The normalized spacial score (nSPS) is 38.2. The minimum atomic E-state index is -0.619. The van der Waals surface area contributed by atoms with E-state index in [1.165, 1.54) is 0 Å². The fourth-order valence-corrected chi connectivity index (χ4v) is 3.70. The Kier molecular flexibility index (Phi) is 3.35. The first kappa shape index (κ1) is 14.6. The van der Waals surface area contributed by atoms with E-state index in [1.54, 1.807) is 0 Å². The summed E-state index contributed by atoms with van der Waals surface area (Å²) in [6.07, 6.45) is 4.28. The molecule has 116 valence electrons. The minimum Gasteiger partial charge on any atom is -0.463 e. The zero-order valence-electron chi connectivity index (χ0n) is 13.0. The Hall–Kier alpha value is -1.36. The molecule has 2 saturated heterocycles. The van der Waals surface area contributed by atoms with Crippen LogP contribution in [0.25, 0.3) is 0 Å². The summed E-state index contributed by atoms with van der Waals surface area (Å²) in [5, 5.41) is 0. The SMILES string of the molecule is CCC(C)N1CC23C=CC(O2)C(C(=O)OC(C)C)C3C1=O. The van der Waals surface area contributed by atoms with Crippen LogP contribution >= 0.6 is 0 Å². The summed E-state index contributed by atoms with van der Waals surface area (Å²) in [6, 6.07) is 0.162. The van der Waals surface area contributed by atoms with Crippen molar-refractivity contribution >= 4 is 11.9 Å². The fourth-order valence-electron chi connectivity index (χ4n) is 3.70. The van der Waals surface area contributed by atoms with Crippen molar-refractivity contribution in [2.75, 3.05) is 6.54 Å². The lowest BCUT2D eigenvalue weighted by Gasteiger charge is -2.26. The third kappa shape index (κ3) is 2.01. The van der Waals surface area contributed by atoms with E-state index in [4.69, 9.17) is 9.47 Å². The lowest BCUT2D eigenvalue weighted by atomic mass is 9.77. The summed E-state index contributed by atoms with van der Waals surface area (Å²) in [5.41, 5.74) is -0.619. The van der Waals surface area contributed by atoms with E-state index >= 15 is 0 Å². The van der Waals surface area contributed by atoms with Crippen molar-refractivity contribution in [1.82, 2.24) is 4.90 Å². The van der Waals surface area contributed by atoms with Gasteiger partial charge in [0.2, 0.25) is 5.91 Å². The first-order valence-corrected chi connectivity index (χ1v) is 7.77. The lowest BCUT2D eigenvalue weighted by molar-refractivity contribution is -0.157. The highest BCUT2D eigenvalue weighted by Crippen LogP contribution is 2.52. The molecule has 1 amide bonds. The van der Waals surface area contributed by atoms with Crippen molar-refractivity contribution in [3.63, 3.8) is 0 Å². The topological polar surface area (TPSA) is 55.8 Å². The van der Waals surface area contributed by atoms with Crippen LogP contribution in [0.3, 0.4) is 0 Å². The average molecular weight is 293 g/mol. The van der Waals surface area contributed by atoms with Gasteiger partial charge in [0.05, 0.1) is 24.7 Å². The van der Waals surface area contributed by atoms with Crippen LogP contribution in [-0.4, -0.2) is 47.2 Å². The molecule has 5 heteroatoms. The Bertz CT molecular complexity index is 501. The number of fused-ring (bicyclic) bond motifs is 1. The largest absolute Gasteiger partial charge is 0.463 e. The number of amides is 1. The van der Waals surface area contributed by atoms with Gasteiger partial charge >= 0.3 is 5.97 Å². The predicted molar refractivity (Wildman–Crippen MR) is 76.4 cm³/mol. The highest BCUT2D eigenvalue weighted by atomic mass is 16.6. The van der Waals surface area contributed by atoms with Crippen LogP contribution in [0, 0.1) is 11.8 Å². The molecule has 2 fully saturated rings. The van der Waals surface area contributed by atoms with E-state index in [9.17, 15) is 9.59 Å². The van der Waals surface area contributed by atoms with E-state index in [2.05, 4.69) is 6.92 Å². The number of carbonyl (C=O) groups excluding carboxylic acids is 2. The summed E-state index contributed by atoms with van der Waals surface area (Å²) in [6.45, 7) is 8.28. The van der Waals surface area contributed by atoms with Gasteiger partial charge in [-0.05, 0) is 27.2 Å². The molecule has 0 N–H and O–H groups in total. The molecule has 0 aromatic carbocycles. The second kappa shape index (κ2) is 4.83. The van der Waals surface area contributed by atoms with Crippen molar-refractivity contribution < 1.29 is 19.1 Å². The molecule has 5 unspecified atom stereocenters. The molecule has 5 atom stereocenters. The molecule has 3 rings (SSSR count). The van der Waals surface area contributed by atoms with Gasteiger partial charge < -0.3 is 14.4 Å². The van der Waals surface area contributed by atoms with E-state index in [1.807, 2.05) is 37.8 Å². The fraction of sp³-hybridized carbons (Fsp3) is 0.750. The van der Waals surface area contributed by atoms with Gasteiger partial charge in [-0.2, -0.15) is 0 Å². The number of likely N-dealkylation sites (tertiary alicyclic amines) is 1. The number of carbonyl (C=O) groups is 2. The third-order valence-electron chi connectivity index (χ3n) is 4.88. The molecule has 0 radical (unpaired) electrons. The summed E-state index contributed by atoms with van der Waals surface area (Å²) < 4.78 is 11.4. The number of rotatable bonds is 4. The standard InChI is InChI=1S/C16H23NO4/c1-5-10(4)17-8-16-7-6-11(21-16)12(13(16)14(17)18)15(19)20-9(2)3/h6-7,9-13H,5,8H2,1-4H3. The van der Waals surface area contributed by atoms with Gasteiger partial charge in [0, 0.05) is 6.04 Å². The van der Waals surface area contributed by atoms with Gasteiger partial charge in [-0.1, -0.05) is 19.1 Å². The van der Waals surface area contributed by atoms with Crippen molar-refractivity contribution in [2.24, 2.45) is 11.8 Å². The second-order valence-corrected chi connectivity index (χ2v) is 6.61. The minimum absolute atomic E-state index is 0.0295. The van der Waals surface area contributed by atoms with Crippen LogP contribution in [-0.2, 0) is 19.1 Å². The first-order valence-electron chi connectivity index (χ1n) is 7.77. The second-order valence-electron chi connectivity index (χ2n) is 6.61. The third-order valence-corrected chi connectivity index (χ3v) is 4.88. The molecule has 2 bridgehead atoms. The molecule has 0 aromatic rings. The van der Waals surface area contributed by atoms with Crippen molar-refractivity contribution in [2.45, 2.75) is 58.0 Å². The summed E-state index contributed by atoms with van der Waals surface area (Å²) in [7, 11) is 0. The Morgan fingerprint density at radius 1 is 1.52 bits per heavy atom. The number of esters is 1. The smallest absolute Gasteiger partial charge is 0.313 e. The van der Waals surface area contributed by atoms with Gasteiger partial charge in [0.1, 0.15) is 11.5 Å². The molecule has 21 heavy (non-hydrogen) atoms. The Balaban J connectivity index is 1.88. The quantitative estimate of drug-likeness (QED) is 0.582. The Morgan fingerprint density at radius 2 is 2.24 bits per heavy atom. The van der Waals surface area contributed by atoms with Crippen molar-refractivity contribution in [3.05, 3.63) is 12.2 Å². The maximum atomic E-state index is 12.8. The van der Waals surface area contributed by atoms with E-state index in [-0.39, 0.29) is 30.1 Å². The molecule has 1 spiro atoms. The highest BCUT2D eigenvalue weighted by molar-refractivity contribution is 5.91. The molecule has 3 aliphatic rings. The van der Waals surface area contributed by atoms with Gasteiger partial charge in [0.15, 0.2) is 0 Å². The van der Waals surface area contributed by atoms with Crippen molar-refractivity contribution in [3.8, 4) is 0 Å². The van der Waals surface area contributed by atoms with Gasteiger partial charge in [-0.15, -0.1) is 0 Å². The molecule has 3 heterocycles. The molecule has 0 saturated carbocycles. The van der Waals surface area contributed by atoms with Crippen LogP contribution in [0.1, 0.15) is 34.1 Å². The van der Waals surface area contributed by atoms with Crippen LogP contribution < -0.4 is 0 Å². The van der Waals surface area contributed by atoms with Gasteiger partial charge in [-0.25, -0.2) is 0 Å². The van der Waals surface area contributed by atoms with Crippen molar-refractivity contribution in [1.29, 1.82) is 0 Å². The van der Waals surface area contributed by atoms with Gasteiger partial charge in [0.25, 0.3) is 0 Å². The number of hydrogen-bond acceptors (Lipinski definition) is 4. The zero-order chi connectivity index (χ0) is 15.4. The van der Waals surface area contributed by atoms with Crippen LogP contribution in [0.15, 0.2) is 12.2 Å². The number of ether oxygens (including phenoxy) is 2. The summed E-state index contributed by atoms with van der Waals surface area (Å²) >= 11 is 0. The molecule has 0 aliphatic carbocycles. The average Bonchev–Trinajstić information content (AvgIpc) is 3.05. The highest BCUT2D eigenvalue weighted by Gasteiger charge is 2.67. The molecular weight excluding hydrogens is 270 g/mol. The molecule has 3 aliphatic heterocycles. The maximum Gasteiger partial charge on any atom is 0.313 e. The summed E-state index contributed by atoms with van der Waals surface area (Å²) in [4.78, 5) is 27.0. The lowest BCUT2D eigenvalue weighted by Crippen LogP contribution is -2.41. The monoisotopic (exact) mass is 293 g/mol. The zero-order valence-corrected chi connectivity index (χ0v) is 13.0. The van der Waals surface area contributed by atoms with Gasteiger partial charge in [-0.3, -0.25) is 9.59 Å². The number of nitrogens with zero attached hydrogens (tertiary/aromatic N) is 1. The summed E-state index contributed by atoms with van der Waals surface area (Å²) in [5.74, 6) is -1.21. The Morgan fingerprint density at radius 3 is 2.86 bits per heavy atom. The number of hydrogen-bond donors (Lipinski definition) is 0. The van der Waals surface area contributed by atoms with Crippen LogP contribution in [0.2, 0.25) is 0 Å². The molecular formula is C16H23NO4. The molecule has 0 aromatic heterocycles. The molecule has 5 nitrogen and oxygen atoms in total. The van der Waals surface area contributed by atoms with E-state index in [0.29, 0.717) is 6.54 Å². The maximum absolute atomic E-state index is 12.8. The predicted octanol–water partition coefficient (Wildman–Crippen LogP) is 1.52. The Labute approximate surface area is 125 Å². The van der Waals surface area contributed by atoms with Crippen LogP contribution in [0.4, 0.5) is 0 Å².